The van der Waals surface area contributed by atoms with Crippen LogP contribution in [0.15, 0.2) is 12.1 Å². The summed E-state index contributed by atoms with van der Waals surface area (Å²) in [6, 6.07) is 4.86. The summed E-state index contributed by atoms with van der Waals surface area (Å²) in [5.74, 6) is 0. The van der Waals surface area contributed by atoms with Crippen LogP contribution in [0.1, 0.15) is 22.7 Å². The van der Waals surface area contributed by atoms with E-state index >= 15 is 0 Å². The fourth-order valence-electron chi connectivity index (χ4n) is 1.99. The number of aryl methyl sites for hydroxylation is 1. The number of thiophene rings is 1. The Morgan fingerprint density at radius 2 is 1.88 bits per heavy atom. The lowest BCUT2D eigenvalue weighted by Crippen LogP contribution is -2.39. The summed E-state index contributed by atoms with van der Waals surface area (Å²) in [6.07, 6.45) is 0. The minimum absolute atomic E-state index is 0.153. The van der Waals surface area contributed by atoms with Gasteiger partial charge >= 0.3 is 0 Å². The Bertz CT molecular complexity index is 333. The summed E-state index contributed by atoms with van der Waals surface area (Å²) in [7, 11) is 6.36. The Morgan fingerprint density at radius 1 is 1.24 bits per heavy atom. The van der Waals surface area contributed by atoms with Crippen LogP contribution in [0.4, 0.5) is 0 Å². The predicted molar refractivity (Wildman–Crippen MR) is 76.6 cm³/mol. The number of nitrogens with two attached hydrogens (primary N) is 1. The summed E-state index contributed by atoms with van der Waals surface area (Å²) in [5.41, 5.74) is 6.14. The lowest BCUT2D eigenvalue weighted by atomic mass is 10.1. The topological polar surface area (TPSA) is 32.5 Å². The maximum absolute atomic E-state index is 6.14. The normalized spacial score (nSPS) is 15.5. The summed E-state index contributed by atoms with van der Waals surface area (Å²) >= 11 is 1.85. The van der Waals surface area contributed by atoms with Crippen molar-refractivity contribution in [2.45, 2.75) is 25.9 Å². The standard InChI is InChI=1S/C13H25N3S/c1-10-6-7-12(17-10)13(11(2)14)16(5)9-8-15(3)4/h6-7,11,13H,8-9,14H2,1-5H3. The molecule has 98 valence electrons. The Hall–Kier alpha value is -0.420. The molecule has 0 aromatic carbocycles. The molecule has 2 atom stereocenters. The van der Waals surface area contributed by atoms with Gasteiger partial charge in [-0.2, -0.15) is 0 Å². The van der Waals surface area contributed by atoms with Crippen LogP contribution in [0.2, 0.25) is 0 Å². The predicted octanol–water partition coefficient (Wildman–Crippen LogP) is 1.94. The second-order valence-corrected chi connectivity index (χ2v) is 6.36. The number of rotatable bonds is 6. The third-order valence-electron chi connectivity index (χ3n) is 2.93. The van der Waals surface area contributed by atoms with Gasteiger partial charge in [-0.3, -0.25) is 4.90 Å². The van der Waals surface area contributed by atoms with Gasteiger partial charge in [-0.1, -0.05) is 0 Å². The quantitative estimate of drug-likeness (QED) is 0.843. The molecular weight excluding hydrogens is 230 g/mol. The maximum Gasteiger partial charge on any atom is 0.0588 e. The summed E-state index contributed by atoms with van der Waals surface area (Å²) in [4.78, 5) is 7.29. The van der Waals surface area contributed by atoms with Crippen molar-refractivity contribution in [3.8, 4) is 0 Å². The zero-order chi connectivity index (χ0) is 13.0. The van der Waals surface area contributed by atoms with Gasteiger partial charge in [0.15, 0.2) is 0 Å². The molecule has 0 saturated heterocycles. The molecular formula is C13H25N3S. The molecule has 0 aliphatic carbocycles. The number of hydrogen-bond donors (Lipinski definition) is 1. The second kappa shape index (κ2) is 6.50. The SMILES string of the molecule is Cc1ccc(C(C(C)N)N(C)CCN(C)C)s1. The van der Waals surface area contributed by atoms with Crippen molar-refractivity contribution in [2.75, 3.05) is 34.2 Å². The Balaban J connectivity index is 2.72. The first-order chi connectivity index (χ1) is 7.91. The van der Waals surface area contributed by atoms with E-state index in [2.05, 4.69) is 56.9 Å². The zero-order valence-electron chi connectivity index (χ0n) is 11.6. The highest BCUT2D eigenvalue weighted by Gasteiger charge is 2.22. The molecule has 0 aliphatic heterocycles. The fourth-order valence-corrected chi connectivity index (χ4v) is 3.15. The zero-order valence-corrected chi connectivity index (χ0v) is 12.4. The first-order valence-corrected chi connectivity index (χ1v) is 6.90. The molecule has 1 heterocycles. The maximum atomic E-state index is 6.14. The highest BCUT2D eigenvalue weighted by molar-refractivity contribution is 7.12. The van der Waals surface area contributed by atoms with E-state index in [0.717, 1.165) is 13.1 Å². The van der Waals surface area contributed by atoms with Crippen molar-refractivity contribution in [3.05, 3.63) is 21.9 Å². The molecule has 1 rings (SSSR count). The lowest BCUT2D eigenvalue weighted by Gasteiger charge is -2.31. The lowest BCUT2D eigenvalue weighted by molar-refractivity contribution is 0.201. The summed E-state index contributed by atoms with van der Waals surface area (Å²) < 4.78 is 0. The van der Waals surface area contributed by atoms with E-state index in [4.69, 9.17) is 5.73 Å². The van der Waals surface area contributed by atoms with Gasteiger partial charge < -0.3 is 10.6 Å². The average molecular weight is 255 g/mol. The van der Waals surface area contributed by atoms with Crippen LogP contribution >= 0.6 is 11.3 Å². The number of hydrogen-bond acceptors (Lipinski definition) is 4. The first-order valence-electron chi connectivity index (χ1n) is 6.08. The molecule has 0 aliphatic rings. The van der Waals surface area contributed by atoms with E-state index in [1.165, 1.54) is 9.75 Å². The van der Waals surface area contributed by atoms with E-state index < -0.39 is 0 Å². The summed E-state index contributed by atoms with van der Waals surface area (Å²) in [5, 5.41) is 0. The number of nitrogens with zero attached hydrogens (tertiary/aromatic N) is 2. The van der Waals surface area contributed by atoms with E-state index in [1.807, 2.05) is 11.3 Å². The fraction of sp³-hybridized carbons (Fsp3) is 0.692. The van der Waals surface area contributed by atoms with Crippen LogP contribution in [0.25, 0.3) is 0 Å². The van der Waals surface area contributed by atoms with Gasteiger partial charge in [0.05, 0.1) is 6.04 Å². The third kappa shape index (κ3) is 4.39. The highest BCUT2D eigenvalue weighted by Crippen LogP contribution is 2.28. The van der Waals surface area contributed by atoms with Gasteiger partial charge in [0.1, 0.15) is 0 Å². The van der Waals surface area contributed by atoms with Crippen molar-refractivity contribution in [2.24, 2.45) is 5.73 Å². The number of likely N-dealkylation sites (N-methyl/N-ethyl adjacent to an activating group) is 2. The van der Waals surface area contributed by atoms with Gasteiger partial charge in [0, 0.05) is 28.9 Å². The van der Waals surface area contributed by atoms with Crippen LogP contribution in [0.3, 0.4) is 0 Å². The third-order valence-corrected chi connectivity index (χ3v) is 4.00. The van der Waals surface area contributed by atoms with Crippen molar-refractivity contribution in [1.29, 1.82) is 0 Å². The monoisotopic (exact) mass is 255 g/mol. The molecule has 17 heavy (non-hydrogen) atoms. The minimum atomic E-state index is 0.153. The Labute approximate surface area is 109 Å². The largest absolute Gasteiger partial charge is 0.326 e. The molecule has 0 bridgehead atoms. The molecule has 0 fully saturated rings. The van der Waals surface area contributed by atoms with Gasteiger partial charge in [0.2, 0.25) is 0 Å². The molecule has 0 radical (unpaired) electrons. The average Bonchev–Trinajstić information content (AvgIpc) is 2.61. The molecule has 3 nitrogen and oxygen atoms in total. The highest BCUT2D eigenvalue weighted by atomic mass is 32.1. The van der Waals surface area contributed by atoms with E-state index in [1.54, 1.807) is 0 Å². The van der Waals surface area contributed by atoms with Crippen molar-refractivity contribution < 1.29 is 0 Å². The van der Waals surface area contributed by atoms with Crippen LogP contribution in [0, 0.1) is 6.92 Å². The first kappa shape index (κ1) is 14.6. The van der Waals surface area contributed by atoms with Crippen molar-refractivity contribution in [1.82, 2.24) is 9.80 Å². The smallest absolute Gasteiger partial charge is 0.0588 e. The van der Waals surface area contributed by atoms with Crippen LogP contribution in [-0.4, -0.2) is 50.1 Å². The molecule has 0 saturated carbocycles. The molecule has 4 heteroatoms. The molecule has 2 unspecified atom stereocenters. The Kier molecular flexibility index (Phi) is 5.59. The van der Waals surface area contributed by atoms with Gasteiger partial charge in [-0.05, 0) is 47.1 Å². The second-order valence-electron chi connectivity index (χ2n) is 5.04. The minimum Gasteiger partial charge on any atom is -0.326 e. The van der Waals surface area contributed by atoms with E-state index in [-0.39, 0.29) is 6.04 Å². The van der Waals surface area contributed by atoms with Crippen molar-refractivity contribution >= 4 is 11.3 Å². The molecule has 2 N–H and O–H groups in total. The molecule has 1 aromatic heterocycles. The summed E-state index contributed by atoms with van der Waals surface area (Å²) in [6.45, 7) is 6.33. The molecule has 0 spiro atoms. The van der Waals surface area contributed by atoms with Gasteiger partial charge in [-0.25, -0.2) is 0 Å². The van der Waals surface area contributed by atoms with Crippen LogP contribution in [0.5, 0.6) is 0 Å². The molecule has 1 aromatic rings. The van der Waals surface area contributed by atoms with Gasteiger partial charge in [0.25, 0.3) is 0 Å². The van der Waals surface area contributed by atoms with E-state index in [9.17, 15) is 0 Å². The van der Waals surface area contributed by atoms with Gasteiger partial charge in [-0.15, -0.1) is 11.3 Å². The molecule has 0 amide bonds. The van der Waals surface area contributed by atoms with Crippen molar-refractivity contribution in [3.63, 3.8) is 0 Å². The van der Waals surface area contributed by atoms with E-state index in [0.29, 0.717) is 6.04 Å². The van der Waals surface area contributed by atoms with Crippen LogP contribution < -0.4 is 5.73 Å². The Morgan fingerprint density at radius 3 is 2.29 bits per heavy atom. The van der Waals surface area contributed by atoms with Crippen LogP contribution in [-0.2, 0) is 0 Å².